The fraction of sp³-hybridized carbons (Fsp3) is 0.270. The second-order valence-corrected chi connectivity index (χ2v) is 12.3. The molecule has 0 saturated carbocycles. The molecule has 4 heterocycles. The van der Waals surface area contributed by atoms with Gasteiger partial charge in [0.1, 0.15) is 23.2 Å². The number of aryl methyl sites for hydroxylation is 4. The van der Waals surface area contributed by atoms with Crippen LogP contribution in [0.1, 0.15) is 60.1 Å². The number of hydrogen-bond donors (Lipinski definition) is 3. The Kier molecular flexibility index (Phi) is 8.09. The van der Waals surface area contributed by atoms with E-state index in [0.717, 1.165) is 53.0 Å². The molecule has 47 heavy (non-hydrogen) atoms. The van der Waals surface area contributed by atoms with Crippen molar-refractivity contribution in [3.8, 4) is 22.9 Å². The van der Waals surface area contributed by atoms with E-state index in [-0.39, 0.29) is 29.5 Å². The van der Waals surface area contributed by atoms with E-state index >= 15 is 8.78 Å². The van der Waals surface area contributed by atoms with Gasteiger partial charge in [-0.2, -0.15) is 0 Å². The SMILES string of the molecule is COC(=O)CCc1cccc(C2(C)CCCc3cnc([nH]3)CCc3c(c(F)cc4[nH]ccc34)Oc3ccc(F)c(c3)-c3ncc2[nH]3)c1. The van der Waals surface area contributed by atoms with Crippen molar-refractivity contribution in [3.63, 3.8) is 0 Å². The molecule has 6 aromatic rings. The molecule has 3 N–H and O–H groups in total. The van der Waals surface area contributed by atoms with Gasteiger partial charge in [0, 0.05) is 70.8 Å². The van der Waals surface area contributed by atoms with E-state index in [0.29, 0.717) is 36.2 Å². The van der Waals surface area contributed by atoms with E-state index in [1.807, 2.05) is 24.4 Å². The molecular weight excluding hydrogens is 600 g/mol. The molecular formula is C37H35F2N5O3. The van der Waals surface area contributed by atoms with Gasteiger partial charge >= 0.3 is 5.97 Å². The van der Waals surface area contributed by atoms with Gasteiger partial charge in [0.2, 0.25) is 0 Å². The molecule has 6 bridgehead atoms. The Morgan fingerprint density at radius 2 is 1.89 bits per heavy atom. The molecule has 1 atom stereocenters. The first-order valence-electron chi connectivity index (χ1n) is 15.8. The predicted octanol–water partition coefficient (Wildman–Crippen LogP) is 7.88. The van der Waals surface area contributed by atoms with E-state index in [9.17, 15) is 4.79 Å². The Hall–Kier alpha value is -5.25. The molecule has 1 aliphatic rings. The Morgan fingerprint density at radius 1 is 1.00 bits per heavy atom. The van der Waals surface area contributed by atoms with Crippen LogP contribution in [0, 0.1) is 11.6 Å². The summed E-state index contributed by atoms with van der Waals surface area (Å²) in [5.74, 6) is 0.292. The van der Waals surface area contributed by atoms with Crippen LogP contribution in [0.4, 0.5) is 8.78 Å². The number of fused-ring (bicyclic) bond motifs is 10. The van der Waals surface area contributed by atoms with Crippen molar-refractivity contribution in [1.29, 1.82) is 0 Å². The average Bonchev–Trinajstić information content (AvgIpc) is 3.86. The monoisotopic (exact) mass is 635 g/mol. The van der Waals surface area contributed by atoms with Gasteiger partial charge in [0.15, 0.2) is 11.6 Å². The summed E-state index contributed by atoms with van der Waals surface area (Å²) in [6.07, 6.45) is 9.62. The Bertz CT molecular complexity index is 2080. The van der Waals surface area contributed by atoms with E-state index < -0.39 is 17.0 Å². The van der Waals surface area contributed by atoms with Crippen LogP contribution in [0.25, 0.3) is 22.3 Å². The van der Waals surface area contributed by atoms with E-state index in [4.69, 9.17) is 9.47 Å². The summed E-state index contributed by atoms with van der Waals surface area (Å²) < 4.78 is 42.0. The molecule has 7 rings (SSSR count). The Morgan fingerprint density at radius 3 is 2.77 bits per heavy atom. The minimum absolute atomic E-state index is 0.0994. The molecule has 240 valence electrons. The topological polar surface area (TPSA) is 109 Å². The summed E-state index contributed by atoms with van der Waals surface area (Å²) in [5.41, 5.74) is 4.98. The zero-order valence-electron chi connectivity index (χ0n) is 26.3. The van der Waals surface area contributed by atoms with Crippen molar-refractivity contribution in [1.82, 2.24) is 24.9 Å². The normalized spacial score (nSPS) is 16.6. The van der Waals surface area contributed by atoms with Crippen molar-refractivity contribution < 1.29 is 23.0 Å². The summed E-state index contributed by atoms with van der Waals surface area (Å²) in [7, 11) is 1.39. The van der Waals surface area contributed by atoms with Crippen LogP contribution in [0.2, 0.25) is 0 Å². The number of aromatic amines is 3. The Balaban J connectivity index is 1.31. The number of carbonyl (C=O) groups excluding carboxylic acids is 1. The van der Waals surface area contributed by atoms with Crippen LogP contribution in [0.3, 0.4) is 0 Å². The molecule has 0 radical (unpaired) electrons. The first-order valence-corrected chi connectivity index (χ1v) is 15.8. The van der Waals surface area contributed by atoms with Gasteiger partial charge in [-0.1, -0.05) is 24.3 Å². The van der Waals surface area contributed by atoms with Gasteiger partial charge in [-0.3, -0.25) is 4.79 Å². The number of nitrogens with zero attached hydrogens (tertiary/aromatic N) is 2. The lowest BCUT2D eigenvalue weighted by Gasteiger charge is -2.30. The molecule has 3 aromatic heterocycles. The van der Waals surface area contributed by atoms with Gasteiger partial charge in [-0.15, -0.1) is 0 Å². The molecule has 0 amide bonds. The number of H-pyrrole nitrogens is 3. The minimum Gasteiger partial charge on any atom is -0.469 e. The number of nitrogens with one attached hydrogen (secondary N) is 3. The van der Waals surface area contributed by atoms with Crippen molar-refractivity contribution in [2.75, 3.05) is 7.11 Å². The second-order valence-electron chi connectivity index (χ2n) is 12.3. The van der Waals surface area contributed by atoms with Crippen LogP contribution in [0.15, 0.2) is 73.2 Å². The van der Waals surface area contributed by atoms with E-state index in [1.54, 1.807) is 18.5 Å². The van der Waals surface area contributed by atoms with Gasteiger partial charge in [0.05, 0.1) is 12.7 Å². The highest BCUT2D eigenvalue weighted by Crippen LogP contribution is 2.40. The highest BCUT2D eigenvalue weighted by Gasteiger charge is 2.32. The van der Waals surface area contributed by atoms with Crippen LogP contribution >= 0.6 is 0 Å². The number of esters is 1. The maximum Gasteiger partial charge on any atom is 0.305 e. The van der Waals surface area contributed by atoms with E-state index in [2.05, 4.69) is 44.0 Å². The Labute approximate surface area is 270 Å². The van der Waals surface area contributed by atoms with Gasteiger partial charge < -0.3 is 24.4 Å². The lowest BCUT2D eigenvalue weighted by molar-refractivity contribution is -0.140. The molecule has 0 aliphatic carbocycles. The summed E-state index contributed by atoms with van der Waals surface area (Å²) in [4.78, 5) is 31.1. The number of halogens is 2. The van der Waals surface area contributed by atoms with Crippen molar-refractivity contribution in [2.24, 2.45) is 0 Å². The molecule has 0 saturated heterocycles. The fourth-order valence-electron chi connectivity index (χ4n) is 6.58. The number of carbonyl (C=O) groups is 1. The number of hydrogen-bond acceptors (Lipinski definition) is 5. The second kappa shape index (κ2) is 12.5. The number of benzene rings is 3. The zero-order chi connectivity index (χ0) is 32.5. The third-order valence-corrected chi connectivity index (χ3v) is 9.27. The maximum atomic E-state index is 15.6. The van der Waals surface area contributed by atoms with Crippen molar-refractivity contribution in [3.05, 3.63) is 119 Å². The third-order valence-electron chi connectivity index (χ3n) is 9.27. The standard InChI is InChI=1S/C37H35F2N5O3/c1-37(23-6-3-5-22(17-23)8-13-34(45)46-2)15-4-7-24-20-41-33(43-24)12-10-27-26-14-16-40-31(26)19-30(39)35(27)47-25-9-11-29(38)28(18-25)36-42-21-32(37)44-36/h3,5-6,9,11,14,16-21,40H,4,7-8,10,12-13,15H2,1-2H3,(H,41,43)(H,42,44). The summed E-state index contributed by atoms with van der Waals surface area (Å²) in [5, 5.41) is 0.856. The summed E-state index contributed by atoms with van der Waals surface area (Å²) in [6, 6.07) is 15.9. The number of ether oxygens (including phenoxy) is 2. The maximum absolute atomic E-state index is 15.6. The number of rotatable bonds is 4. The van der Waals surface area contributed by atoms with Gasteiger partial charge in [0.25, 0.3) is 0 Å². The lowest BCUT2D eigenvalue weighted by Crippen LogP contribution is -2.25. The molecule has 10 heteroatoms. The van der Waals surface area contributed by atoms with Crippen LogP contribution < -0.4 is 4.74 Å². The largest absolute Gasteiger partial charge is 0.469 e. The average molecular weight is 636 g/mol. The molecule has 1 unspecified atom stereocenters. The smallest absolute Gasteiger partial charge is 0.305 e. The first-order chi connectivity index (χ1) is 22.8. The minimum atomic E-state index is -0.518. The molecule has 1 aliphatic heterocycles. The predicted molar refractivity (Wildman–Crippen MR) is 174 cm³/mol. The number of methoxy groups -OCH3 is 1. The number of imidazole rings is 2. The molecule has 8 nitrogen and oxygen atoms in total. The van der Waals surface area contributed by atoms with Crippen LogP contribution in [-0.2, 0) is 40.6 Å². The molecule has 3 aromatic carbocycles. The van der Waals surface area contributed by atoms with Gasteiger partial charge in [-0.05, 0) is 74.4 Å². The van der Waals surface area contributed by atoms with Gasteiger partial charge in [-0.25, -0.2) is 18.7 Å². The summed E-state index contributed by atoms with van der Waals surface area (Å²) in [6.45, 7) is 2.15. The quantitative estimate of drug-likeness (QED) is 0.171. The van der Waals surface area contributed by atoms with E-state index in [1.165, 1.54) is 25.3 Å². The fourth-order valence-corrected chi connectivity index (χ4v) is 6.58. The molecule has 0 fully saturated rings. The van der Waals surface area contributed by atoms with Crippen molar-refractivity contribution in [2.45, 2.75) is 57.3 Å². The lowest BCUT2D eigenvalue weighted by atomic mass is 9.75. The first kappa shape index (κ1) is 30.4. The van der Waals surface area contributed by atoms with Crippen LogP contribution in [0.5, 0.6) is 11.5 Å². The molecule has 0 spiro atoms. The highest BCUT2D eigenvalue weighted by molar-refractivity contribution is 5.85. The van der Waals surface area contributed by atoms with Crippen molar-refractivity contribution >= 4 is 16.9 Å². The zero-order valence-corrected chi connectivity index (χ0v) is 26.3. The number of aromatic nitrogens is 5. The van der Waals surface area contributed by atoms with Crippen LogP contribution in [-0.4, -0.2) is 38.0 Å². The third kappa shape index (κ3) is 6.03. The summed E-state index contributed by atoms with van der Waals surface area (Å²) >= 11 is 0. The highest BCUT2D eigenvalue weighted by atomic mass is 19.1.